The van der Waals surface area contributed by atoms with E-state index in [0.29, 0.717) is 19.5 Å². The molecule has 4 rings (SSSR count). The van der Waals surface area contributed by atoms with Crippen molar-refractivity contribution in [2.75, 3.05) is 19.6 Å². The average Bonchev–Trinajstić information content (AvgIpc) is 3.23. The number of nitrogens with one attached hydrogen (secondary N) is 2. The van der Waals surface area contributed by atoms with Crippen LogP contribution in [0.1, 0.15) is 36.7 Å². The molecule has 0 spiro atoms. The van der Waals surface area contributed by atoms with Crippen LogP contribution in [-0.2, 0) is 24.3 Å². The molecule has 2 N–H and O–H groups in total. The van der Waals surface area contributed by atoms with Crippen LogP contribution in [0.3, 0.4) is 0 Å². The smallest absolute Gasteiger partial charge is 0.222 e. The highest BCUT2D eigenvalue weighted by Gasteiger charge is 2.19. The van der Waals surface area contributed by atoms with Crippen molar-refractivity contribution in [2.24, 2.45) is 4.99 Å². The summed E-state index contributed by atoms with van der Waals surface area (Å²) in [6, 6.07) is 14.2. The van der Waals surface area contributed by atoms with Crippen LogP contribution in [-0.4, -0.2) is 51.0 Å². The third kappa shape index (κ3) is 5.96. The first kappa shape index (κ1) is 24.0. The van der Waals surface area contributed by atoms with Crippen molar-refractivity contribution in [2.45, 2.75) is 39.3 Å². The van der Waals surface area contributed by atoms with Crippen molar-refractivity contribution in [3.8, 4) is 0 Å². The predicted octanol–water partition coefficient (Wildman–Crippen LogP) is 2.77. The summed E-state index contributed by atoms with van der Waals surface area (Å²) in [7, 11) is 0. The van der Waals surface area contributed by atoms with Gasteiger partial charge in [-0.05, 0) is 43.0 Å². The second-order valence-corrected chi connectivity index (χ2v) is 7.60. The molecule has 0 saturated carbocycles. The number of hydrogen-bond acceptors (Lipinski definition) is 4. The van der Waals surface area contributed by atoms with E-state index in [2.05, 4.69) is 44.0 Å². The predicted molar refractivity (Wildman–Crippen MR) is 136 cm³/mol. The quantitative estimate of drug-likeness (QED) is 0.206. The molecule has 8 nitrogen and oxygen atoms in total. The Bertz CT molecular complexity index is 1070. The highest BCUT2D eigenvalue weighted by Crippen LogP contribution is 2.19. The van der Waals surface area contributed by atoms with Crippen LogP contribution in [0.15, 0.2) is 53.7 Å². The van der Waals surface area contributed by atoms with Gasteiger partial charge in [0.15, 0.2) is 17.4 Å². The number of pyridine rings is 1. The SMILES string of the molecule is CCNC(=NCc1nnc2ccccn12)NCCCC(=O)N1CCc2ccccc2C1.I. The molecule has 32 heavy (non-hydrogen) atoms. The number of aromatic nitrogens is 3. The fourth-order valence-corrected chi connectivity index (χ4v) is 3.80. The Balaban J connectivity index is 0.00000289. The van der Waals surface area contributed by atoms with Crippen LogP contribution in [0.5, 0.6) is 0 Å². The summed E-state index contributed by atoms with van der Waals surface area (Å²) >= 11 is 0. The van der Waals surface area contributed by atoms with Gasteiger partial charge in [0.1, 0.15) is 6.54 Å². The largest absolute Gasteiger partial charge is 0.357 e. The topological polar surface area (TPSA) is 86.9 Å². The number of guanidine groups is 1. The molecule has 0 aliphatic carbocycles. The van der Waals surface area contributed by atoms with E-state index in [-0.39, 0.29) is 29.9 Å². The summed E-state index contributed by atoms with van der Waals surface area (Å²) in [6.45, 7) is 5.42. The Labute approximate surface area is 205 Å². The van der Waals surface area contributed by atoms with E-state index in [0.717, 1.165) is 49.9 Å². The molecule has 0 saturated heterocycles. The van der Waals surface area contributed by atoms with E-state index in [4.69, 9.17) is 0 Å². The van der Waals surface area contributed by atoms with Gasteiger partial charge in [-0.25, -0.2) is 4.99 Å². The standard InChI is InChI=1S/C23H29N7O.HI/c1-2-24-23(26-16-21-28-27-20-10-5-6-14-30(20)21)25-13-7-11-22(31)29-15-12-18-8-3-4-9-19(18)17-29;/h3-6,8-10,14H,2,7,11-13,15-17H2,1H3,(H2,24,25,26);1H. The van der Waals surface area contributed by atoms with Crippen LogP contribution < -0.4 is 10.6 Å². The van der Waals surface area contributed by atoms with Crippen LogP contribution in [0.2, 0.25) is 0 Å². The molecule has 0 radical (unpaired) electrons. The average molecular weight is 547 g/mol. The Hall–Kier alpha value is -2.69. The number of halogens is 1. The molecule has 0 unspecified atom stereocenters. The molecule has 0 fully saturated rings. The normalized spacial score (nSPS) is 13.4. The van der Waals surface area contributed by atoms with Crippen molar-refractivity contribution >= 4 is 41.5 Å². The van der Waals surface area contributed by atoms with Crippen LogP contribution in [0, 0.1) is 0 Å². The molecule has 1 aliphatic rings. The Morgan fingerprint density at radius 3 is 2.75 bits per heavy atom. The summed E-state index contributed by atoms with van der Waals surface area (Å²) < 4.78 is 1.93. The number of benzene rings is 1. The van der Waals surface area contributed by atoms with Crippen LogP contribution in [0.25, 0.3) is 5.65 Å². The summed E-state index contributed by atoms with van der Waals surface area (Å²) in [6.07, 6.45) is 4.17. The number of nitrogens with zero attached hydrogens (tertiary/aromatic N) is 5. The van der Waals surface area contributed by atoms with Crippen molar-refractivity contribution in [3.63, 3.8) is 0 Å². The van der Waals surface area contributed by atoms with Gasteiger partial charge in [-0.3, -0.25) is 9.20 Å². The maximum absolute atomic E-state index is 12.6. The minimum Gasteiger partial charge on any atom is -0.357 e. The first-order valence-corrected chi connectivity index (χ1v) is 10.9. The van der Waals surface area contributed by atoms with Gasteiger partial charge in [-0.2, -0.15) is 0 Å². The zero-order valence-electron chi connectivity index (χ0n) is 18.3. The zero-order valence-corrected chi connectivity index (χ0v) is 20.7. The van der Waals surface area contributed by atoms with Gasteiger partial charge in [0.05, 0.1) is 0 Å². The minimum atomic E-state index is 0. The third-order valence-corrected chi connectivity index (χ3v) is 5.45. The molecule has 0 bridgehead atoms. The molecule has 0 atom stereocenters. The maximum Gasteiger partial charge on any atom is 0.222 e. The van der Waals surface area contributed by atoms with E-state index >= 15 is 0 Å². The lowest BCUT2D eigenvalue weighted by molar-refractivity contribution is -0.132. The van der Waals surface area contributed by atoms with Crippen molar-refractivity contribution in [1.29, 1.82) is 0 Å². The number of carbonyl (C=O) groups excluding carboxylic acids is 1. The second kappa shape index (κ2) is 11.8. The number of aliphatic imine (C=N–C) groups is 1. The number of carbonyl (C=O) groups is 1. The zero-order chi connectivity index (χ0) is 21.5. The molecule has 1 amide bonds. The van der Waals surface area contributed by atoms with Crippen molar-refractivity contribution in [3.05, 3.63) is 65.6 Å². The highest BCUT2D eigenvalue weighted by atomic mass is 127. The number of rotatable bonds is 7. The van der Waals surface area contributed by atoms with E-state index in [1.54, 1.807) is 0 Å². The van der Waals surface area contributed by atoms with E-state index in [1.807, 2.05) is 46.7 Å². The first-order chi connectivity index (χ1) is 15.2. The molecule has 2 aromatic heterocycles. The fourth-order valence-electron chi connectivity index (χ4n) is 3.80. The van der Waals surface area contributed by atoms with Gasteiger partial charge in [0.2, 0.25) is 5.91 Å². The third-order valence-electron chi connectivity index (χ3n) is 5.45. The number of hydrogen-bond donors (Lipinski definition) is 2. The van der Waals surface area contributed by atoms with Crippen LogP contribution >= 0.6 is 24.0 Å². The second-order valence-electron chi connectivity index (χ2n) is 7.60. The van der Waals surface area contributed by atoms with Gasteiger partial charge < -0.3 is 15.5 Å². The van der Waals surface area contributed by atoms with E-state index in [9.17, 15) is 4.79 Å². The molecule has 3 aromatic rings. The fraction of sp³-hybridized carbons (Fsp3) is 0.391. The maximum atomic E-state index is 12.6. The lowest BCUT2D eigenvalue weighted by Crippen LogP contribution is -2.39. The molecule has 1 aromatic carbocycles. The Kier molecular flexibility index (Phi) is 8.83. The summed E-state index contributed by atoms with van der Waals surface area (Å²) in [5, 5.41) is 14.9. The summed E-state index contributed by atoms with van der Waals surface area (Å²) in [5.41, 5.74) is 3.44. The van der Waals surface area contributed by atoms with E-state index < -0.39 is 0 Å². The van der Waals surface area contributed by atoms with Crippen molar-refractivity contribution in [1.82, 2.24) is 30.1 Å². The van der Waals surface area contributed by atoms with Gasteiger partial charge in [-0.15, -0.1) is 34.2 Å². The molecular formula is C23H30IN7O. The van der Waals surface area contributed by atoms with Gasteiger partial charge >= 0.3 is 0 Å². The Morgan fingerprint density at radius 1 is 1.09 bits per heavy atom. The van der Waals surface area contributed by atoms with Crippen molar-refractivity contribution < 1.29 is 4.79 Å². The van der Waals surface area contributed by atoms with E-state index in [1.165, 1.54) is 11.1 Å². The monoisotopic (exact) mass is 547 g/mol. The molecule has 9 heteroatoms. The lowest BCUT2D eigenvalue weighted by Gasteiger charge is -2.29. The number of amides is 1. The summed E-state index contributed by atoms with van der Waals surface area (Å²) in [5.74, 6) is 1.72. The first-order valence-electron chi connectivity index (χ1n) is 10.9. The molecule has 3 heterocycles. The molecular weight excluding hydrogens is 517 g/mol. The highest BCUT2D eigenvalue weighted by molar-refractivity contribution is 14.0. The lowest BCUT2D eigenvalue weighted by atomic mass is 9.99. The Morgan fingerprint density at radius 2 is 1.91 bits per heavy atom. The van der Waals surface area contributed by atoms with Gasteiger partial charge in [0.25, 0.3) is 0 Å². The minimum absolute atomic E-state index is 0. The van der Waals surface area contributed by atoms with Gasteiger partial charge in [-0.1, -0.05) is 30.3 Å². The molecule has 1 aliphatic heterocycles. The molecule has 170 valence electrons. The summed E-state index contributed by atoms with van der Waals surface area (Å²) in [4.78, 5) is 19.2. The van der Waals surface area contributed by atoms with Gasteiger partial charge in [0, 0.05) is 38.8 Å². The van der Waals surface area contributed by atoms with Crippen LogP contribution in [0.4, 0.5) is 0 Å². The number of fused-ring (bicyclic) bond motifs is 2.